The summed E-state index contributed by atoms with van der Waals surface area (Å²) in [6.07, 6.45) is 0. The third-order valence-corrected chi connectivity index (χ3v) is 3.51. The zero-order chi connectivity index (χ0) is 17.4. The Morgan fingerprint density at radius 2 is 1.92 bits per heavy atom. The van der Waals surface area contributed by atoms with Gasteiger partial charge in [0.15, 0.2) is 0 Å². The summed E-state index contributed by atoms with van der Waals surface area (Å²) in [5.74, 6) is 2.21. The molecule has 0 atom stereocenters. The summed E-state index contributed by atoms with van der Waals surface area (Å²) in [6.45, 7) is 4.49. The van der Waals surface area contributed by atoms with Crippen LogP contribution in [0, 0.1) is 6.92 Å². The van der Waals surface area contributed by atoms with Crippen molar-refractivity contribution in [2.24, 2.45) is 0 Å². The van der Waals surface area contributed by atoms with Gasteiger partial charge >= 0.3 is 0 Å². The van der Waals surface area contributed by atoms with Gasteiger partial charge in [-0.1, -0.05) is 0 Å². The van der Waals surface area contributed by atoms with E-state index in [1.165, 1.54) is 0 Å². The molecule has 7 nitrogen and oxygen atoms in total. The van der Waals surface area contributed by atoms with E-state index in [-0.39, 0.29) is 0 Å². The van der Waals surface area contributed by atoms with Crippen LogP contribution in [0.5, 0.6) is 5.75 Å². The molecule has 1 aromatic carbocycles. The lowest BCUT2D eigenvalue weighted by Crippen LogP contribution is -2.24. The number of hydrogen-bond acceptors (Lipinski definition) is 7. The standard InChI is InChI=1S/C17H26N6O/c1-12-9-16(19-3)23-17(21-12)22-14-5-6-15(24-4)13(10-14)11-20-8-7-18-2/h5-6,9-10,18,20H,7-8,11H2,1-4H3,(H2,19,21,22,23). The maximum atomic E-state index is 5.44. The van der Waals surface area contributed by atoms with E-state index in [2.05, 4.69) is 37.3 Å². The molecule has 0 radical (unpaired) electrons. The van der Waals surface area contributed by atoms with Crippen molar-refractivity contribution in [3.8, 4) is 5.75 Å². The van der Waals surface area contributed by atoms with Crippen molar-refractivity contribution < 1.29 is 4.74 Å². The molecule has 0 saturated heterocycles. The van der Waals surface area contributed by atoms with E-state index in [1.54, 1.807) is 7.11 Å². The van der Waals surface area contributed by atoms with Gasteiger partial charge in [0, 0.05) is 49.7 Å². The number of aromatic nitrogens is 2. The number of rotatable bonds is 9. The van der Waals surface area contributed by atoms with Crippen molar-refractivity contribution in [2.75, 3.05) is 44.9 Å². The van der Waals surface area contributed by atoms with Gasteiger partial charge in [-0.3, -0.25) is 0 Å². The molecule has 0 aliphatic carbocycles. The van der Waals surface area contributed by atoms with Gasteiger partial charge in [-0.05, 0) is 32.2 Å². The first-order valence-corrected chi connectivity index (χ1v) is 7.99. The van der Waals surface area contributed by atoms with E-state index in [4.69, 9.17) is 4.74 Å². The average molecular weight is 330 g/mol. The topological polar surface area (TPSA) is 83.1 Å². The second-order valence-corrected chi connectivity index (χ2v) is 5.40. The fraction of sp³-hybridized carbons (Fsp3) is 0.412. The monoisotopic (exact) mass is 330 g/mol. The molecule has 2 aromatic rings. The molecule has 2 rings (SSSR count). The Hall–Kier alpha value is -2.38. The Morgan fingerprint density at radius 1 is 1.08 bits per heavy atom. The molecule has 4 N–H and O–H groups in total. The largest absolute Gasteiger partial charge is 0.496 e. The van der Waals surface area contributed by atoms with Crippen LogP contribution < -0.4 is 26.0 Å². The summed E-state index contributed by atoms with van der Waals surface area (Å²) in [7, 11) is 5.46. The van der Waals surface area contributed by atoms with Gasteiger partial charge < -0.3 is 26.0 Å². The number of aryl methyl sites for hydroxylation is 1. The van der Waals surface area contributed by atoms with Gasteiger partial charge in [0.1, 0.15) is 11.6 Å². The van der Waals surface area contributed by atoms with Crippen molar-refractivity contribution in [2.45, 2.75) is 13.5 Å². The van der Waals surface area contributed by atoms with Crippen LogP contribution in [0.2, 0.25) is 0 Å². The Morgan fingerprint density at radius 3 is 2.62 bits per heavy atom. The lowest BCUT2D eigenvalue weighted by Gasteiger charge is -2.13. The number of anilines is 3. The quantitative estimate of drug-likeness (QED) is 0.523. The van der Waals surface area contributed by atoms with Crippen LogP contribution in [0.1, 0.15) is 11.3 Å². The molecule has 1 heterocycles. The van der Waals surface area contributed by atoms with Gasteiger partial charge in [-0.25, -0.2) is 4.98 Å². The summed E-state index contributed by atoms with van der Waals surface area (Å²) in [4.78, 5) is 8.84. The van der Waals surface area contributed by atoms with Crippen LogP contribution in [-0.2, 0) is 6.54 Å². The smallest absolute Gasteiger partial charge is 0.229 e. The average Bonchev–Trinajstić information content (AvgIpc) is 2.58. The Kier molecular flexibility index (Phi) is 6.77. The minimum Gasteiger partial charge on any atom is -0.496 e. The maximum absolute atomic E-state index is 5.44. The summed E-state index contributed by atoms with van der Waals surface area (Å²) in [6, 6.07) is 7.86. The van der Waals surface area contributed by atoms with Crippen LogP contribution in [0.4, 0.5) is 17.5 Å². The van der Waals surface area contributed by atoms with Crippen molar-refractivity contribution in [3.05, 3.63) is 35.5 Å². The molecular weight excluding hydrogens is 304 g/mol. The molecule has 24 heavy (non-hydrogen) atoms. The van der Waals surface area contributed by atoms with Crippen LogP contribution >= 0.6 is 0 Å². The fourth-order valence-electron chi connectivity index (χ4n) is 2.31. The number of ether oxygens (including phenoxy) is 1. The van der Waals surface area contributed by atoms with E-state index in [0.717, 1.165) is 48.1 Å². The zero-order valence-electron chi connectivity index (χ0n) is 14.7. The maximum Gasteiger partial charge on any atom is 0.229 e. The third-order valence-electron chi connectivity index (χ3n) is 3.51. The highest BCUT2D eigenvalue weighted by Gasteiger charge is 2.07. The highest BCUT2D eigenvalue weighted by atomic mass is 16.5. The summed E-state index contributed by atoms with van der Waals surface area (Å²) in [5, 5.41) is 12.8. The SMILES string of the molecule is CNCCNCc1cc(Nc2nc(C)cc(NC)n2)ccc1OC. The molecule has 130 valence electrons. The van der Waals surface area contributed by atoms with Crippen LogP contribution in [0.15, 0.2) is 24.3 Å². The Bertz CT molecular complexity index is 662. The van der Waals surface area contributed by atoms with Crippen molar-refractivity contribution in [3.63, 3.8) is 0 Å². The third kappa shape index (κ3) is 5.07. The molecule has 0 unspecified atom stereocenters. The van der Waals surface area contributed by atoms with E-state index in [9.17, 15) is 0 Å². The van der Waals surface area contributed by atoms with Crippen molar-refractivity contribution in [1.82, 2.24) is 20.6 Å². The molecule has 0 fully saturated rings. The number of methoxy groups -OCH3 is 1. The second kappa shape index (κ2) is 9.05. The number of nitrogens with one attached hydrogen (secondary N) is 4. The normalized spacial score (nSPS) is 10.5. The summed E-state index contributed by atoms with van der Waals surface area (Å²) < 4.78 is 5.44. The lowest BCUT2D eigenvalue weighted by atomic mass is 10.1. The van der Waals surface area contributed by atoms with Crippen molar-refractivity contribution >= 4 is 17.5 Å². The first kappa shape index (κ1) is 18.0. The predicted octanol–water partition coefficient (Wildman–Crippen LogP) is 1.89. The highest BCUT2D eigenvalue weighted by molar-refractivity contribution is 5.58. The minimum atomic E-state index is 0.568. The van der Waals surface area contributed by atoms with Crippen molar-refractivity contribution in [1.29, 1.82) is 0 Å². The van der Waals surface area contributed by atoms with Crippen LogP contribution in [0.3, 0.4) is 0 Å². The molecule has 0 saturated carbocycles. The van der Waals surface area contributed by atoms with E-state index < -0.39 is 0 Å². The van der Waals surface area contributed by atoms with Gasteiger partial charge in [-0.2, -0.15) is 4.98 Å². The first-order chi connectivity index (χ1) is 11.7. The van der Waals surface area contributed by atoms with Gasteiger partial charge in [0.05, 0.1) is 7.11 Å². The number of hydrogen-bond donors (Lipinski definition) is 4. The molecule has 7 heteroatoms. The predicted molar refractivity (Wildman–Crippen MR) is 98.2 cm³/mol. The molecule has 0 aliphatic rings. The van der Waals surface area contributed by atoms with E-state index in [1.807, 2.05) is 39.2 Å². The fourth-order valence-corrected chi connectivity index (χ4v) is 2.31. The number of nitrogens with zero attached hydrogens (tertiary/aromatic N) is 2. The van der Waals surface area contributed by atoms with Gasteiger partial charge in [0.25, 0.3) is 0 Å². The summed E-state index contributed by atoms with van der Waals surface area (Å²) in [5.41, 5.74) is 2.91. The molecular formula is C17H26N6O. The van der Waals surface area contributed by atoms with Crippen LogP contribution in [-0.4, -0.2) is 44.3 Å². The summed E-state index contributed by atoms with van der Waals surface area (Å²) >= 11 is 0. The molecule has 0 bridgehead atoms. The Labute approximate surface area is 143 Å². The Balaban J connectivity index is 2.14. The number of benzene rings is 1. The molecule has 0 spiro atoms. The molecule has 1 aromatic heterocycles. The highest BCUT2D eigenvalue weighted by Crippen LogP contribution is 2.24. The molecule has 0 aliphatic heterocycles. The zero-order valence-corrected chi connectivity index (χ0v) is 14.7. The number of likely N-dealkylation sites (N-methyl/N-ethyl adjacent to an activating group) is 1. The van der Waals surface area contributed by atoms with E-state index >= 15 is 0 Å². The minimum absolute atomic E-state index is 0.568. The first-order valence-electron chi connectivity index (χ1n) is 7.99. The van der Waals surface area contributed by atoms with Crippen LogP contribution in [0.25, 0.3) is 0 Å². The van der Waals surface area contributed by atoms with Gasteiger partial charge in [0.2, 0.25) is 5.95 Å². The van der Waals surface area contributed by atoms with Gasteiger partial charge in [-0.15, -0.1) is 0 Å². The molecule has 0 amide bonds. The lowest BCUT2D eigenvalue weighted by molar-refractivity contribution is 0.408. The van der Waals surface area contributed by atoms with E-state index in [0.29, 0.717) is 5.95 Å². The second-order valence-electron chi connectivity index (χ2n) is 5.40.